The van der Waals surface area contributed by atoms with Gasteiger partial charge in [0.1, 0.15) is 0 Å². The van der Waals surface area contributed by atoms with E-state index in [2.05, 4.69) is 0 Å². The van der Waals surface area contributed by atoms with Crippen molar-refractivity contribution >= 4 is 28.7 Å². The molecule has 0 unspecified atom stereocenters. The third-order valence-corrected chi connectivity index (χ3v) is 3.78. The summed E-state index contributed by atoms with van der Waals surface area (Å²) >= 11 is 4.79. The third-order valence-electron chi connectivity index (χ3n) is 3.59. The van der Waals surface area contributed by atoms with Crippen molar-refractivity contribution in [3.8, 4) is 12.1 Å². The number of anilines is 2. The molecule has 2 N–H and O–H groups in total. The highest BCUT2D eigenvalue weighted by molar-refractivity contribution is 7.80. The van der Waals surface area contributed by atoms with Gasteiger partial charge in [-0.05, 0) is 48.6 Å². The zero-order chi connectivity index (χ0) is 21.3. The summed E-state index contributed by atoms with van der Waals surface area (Å²) in [5.74, 6) is 0. The van der Waals surface area contributed by atoms with Crippen LogP contribution < -0.4 is 10.6 Å². The van der Waals surface area contributed by atoms with Crippen LogP contribution in [0.5, 0.6) is 0 Å². The zero-order valence-electron chi connectivity index (χ0n) is 13.6. The molecule has 0 radical (unpaired) electrons. The van der Waals surface area contributed by atoms with Gasteiger partial charge < -0.3 is 5.73 Å². The van der Waals surface area contributed by atoms with Gasteiger partial charge in [-0.3, -0.25) is 4.90 Å². The average Bonchev–Trinajstić information content (AvgIpc) is 2.60. The van der Waals surface area contributed by atoms with E-state index in [-0.39, 0.29) is 11.4 Å². The molecule has 0 aromatic heterocycles. The van der Waals surface area contributed by atoms with Gasteiger partial charge in [0.25, 0.3) is 0 Å². The molecule has 0 saturated carbocycles. The van der Waals surface area contributed by atoms with E-state index < -0.39 is 39.7 Å². The van der Waals surface area contributed by atoms with E-state index in [0.29, 0.717) is 12.1 Å². The molecule has 2 aromatic rings. The predicted molar refractivity (Wildman–Crippen MR) is 91.2 cm³/mol. The van der Waals surface area contributed by atoms with Crippen molar-refractivity contribution in [3.63, 3.8) is 0 Å². The number of benzene rings is 2. The van der Waals surface area contributed by atoms with Crippen molar-refractivity contribution in [2.24, 2.45) is 5.73 Å². The standard InChI is InChI=1S/C17H8F6N4S/c18-16(19,20)13-5-11(3-1-9(13)7-24)27(15(26)28)12-4-2-10(8-25)14(6-12)17(21,22)23/h1-6H,(H2,26,28). The average molecular weight is 414 g/mol. The molecule has 0 atom stereocenters. The van der Waals surface area contributed by atoms with Gasteiger partial charge in [0, 0.05) is 11.4 Å². The van der Waals surface area contributed by atoms with Crippen molar-refractivity contribution in [2.45, 2.75) is 12.4 Å². The third kappa shape index (κ3) is 4.15. The molecule has 11 heteroatoms. The minimum atomic E-state index is -4.88. The summed E-state index contributed by atoms with van der Waals surface area (Å²) in [4.78, 5) is 0.780. The van der Waals surface area contributed by atoms with Crippen LogP contribution in [-0.2, 0) is 12.4 Å². The number of thiocarbonyl (C=S) groups is 1. The van der Waals surface area contributed by atoms with Crippen LogP contribution in [0, 0.1) is 22.7 Å². The highest BCUT2D eigenvalue weighted by Crippen LogP contribution is 2.38. The van der Waals surface area contributed by atoms with Gasteiger partial charge in [0.05, 0.1) is 34.4 Å². The van der Waals surface area contributed by atoms with Crippen LogP contribution in [0.25, 0.3) is 0 Å². The lowest BCUT2D eigenvalue weighted by Gasteiger charge is -2.25. The van der Waals surface area contributed by atoms with Crippen LogP contribution in [0.1, 0.15) is 22.3 Å². The lowest BCUT2D eigenvalue weighted by molar-refractivity contribution is -0.138. The maximum Gasteiger partial charge on any atom is 0.417 e. The normalized spacial score (nSPS) is 11.4. The number of rotatable bonds is 2. The number of alkyl halides is 6. The summed E-state index contributed by atoms with van der Waals surface area (Å²) in [6.45, 7) is 0. The van der Waals surface area contributed by atoms with E-state index in [4.69, 9.17) is 28.5 Å². The molecule has 0 aliphatic heterocycles. The van der Waals surface area contributed by atoms with Gasteiger partial charge in [-0.1, -0.05) is 0 Å². The molecule has 4 nitrogen and oxygen atoms in total. The quantitative estimate of drug-likeness (QED) is 0.562. The van der Waals surface area contributed by atoms with Crippen molar-refractivity contribution in [3.05, 3.63) is 58.7 Å². The number of hydrogen-bond acceptors (Lipinski definition) is 3. The Kier molecular flexibility index (Phi) is 5.52. The second-order valence-electron chi connectivity index (χ2n) is 5.35. The van der Waals surface area contributed by atoms with Crippen LogP contribution >= 0.6 is 12.2 Å². The van der Waals surface area contributed by atoms with Crippen LogP contribution in [0.15, 0.2) is 36.4 Å². The molecule has 0 amide bonds. The lowest BCUT2D eigenvalue weighted by atomic mass is 10.0. The van der Waals surface area contributed by atoms with Crippen molar-refractivity contribution in [2.75, 3.05) is 4.90 Å². The van der Waals surface area contributed by atoms with Crippen LogP contribution in [0.2, 0.25) is 0 Å². The molecule has 0 heterocycles. The number of hydrogen-bond donors (Lipinski definition) is 1. The molecule has 0 bridgehead atoms. The first-order chi connectivity index (χ1) is 12.9. The first-order valence-electron chi connectivity index (χ1n) is 7.22. The number of nitriles is 2. The first-order valence-corrected chi connectivity index (χ1v) is 7.63. The Morgan fingerprint density at radius 3 is 1.43 bits per heavy atom. The summed E-state index contributed by atoms with van der Waals surface area (Å²) in [7, 11) is 0. The zero-order valence-corrected chi connectivity index (χ0v) is 14.4. The van der Waals surface area contributed by atoms with E-state index in [1.54, 1.807) is 0 Å². The van der Waals surface area contributed by atoms with Crippen LogP contribution in [0.4, 0.5) is 37.7 Å². The fourth-order valence-electron chi connectivity index (χ4n) is 2.41. The smallest absolute Gasteiger partial charge is 0.376 e. The molecule has 2 aromatic carbocycles. The Bertz CT molecular complexity index is 939. The largest absolute Gasteiger partial charge is 0.417 e. The second-order valence-corrected chi connectivity index (χ2v) is 5.77. The number of nitrogens with two attached hydrogens (primary N) is 1. The Balaban J connectivity index is 2.71. The molecule has 0 spiro atoms. The van der Waals surface area contributed by atoms with Crippen molar-refractivity contribution in [1.82, 2.24) is 0 Å². The molecule has 0 aliphatic carbocycles. The molecule has 0 fully saturated rings. The summed E-state index contributed by atoms with van der Waals surface area (Å²) in [6.07, 6.45) is -9.77. The molecule has 0 saturated heterocycles. The predicted octanol–water partition coefficient (Wildman–Crippen LogP) is 4.85. The Hall–Kier alpha value is -3.31. The molecule has 2 rings (SSSR count). The minimum absolute atomic E-state index is 0.295. The summed E-state index contributed by atoms with van der Waals surface area (Å²) < 4.78 is 79.1. The summed E-state index contributed by atoms with van der Waals surface area (Å²) in [5, 5.41) is 17.2. The maximum absolute atomic E-state index is 13.2. The maximum atomic E-state index is 13.2. The van der Waals surface area contributed by atoms with Gasteiger partial charge in [-0.2, -0.15) is 36.9 Å². The van der Waals surface area contributed by atoms with Crippen LogP contribution in [0.3, 0.4) is 0 Å². The van der Waals surface area contributed by atoms with Gasteiger partial charge in [0.15, 0.2) is 5.11 Å². The van der Waals surface area contributed by atoms with Gasteiger partial charge in [-0.15, -0.1) is 0 Å². The van der Waals surface area contributed by atoms with Crippen LogP contribution in [-0.4, -0.2) is 5.11 Å². The Morgan fingerprint density at radius 1 is 0.821 bits per heavy atom. The van der Waals surface area contributed by atoms with Crippen molar-refractivity contribution in [1.29, 1.82) is 10.5 Å². The molecule has 0 aliphatic rings. The van der Waals surface area contributed by atoms with E-state index in [0.717, 1.165) is 29.2 Å². The molecular formula is C17H8F6N4S. The first kappa shape index (κ1) is 21.0. The highest BCUT2D eigenvalue weighted by atomic mass is 32.1. The SMILES string of the molecule is N#Cc1ccc(N(C(N)=S)c2ccc(C#N)c(C(F)(F)F)c2)cc1C(F)(F)F. The highest BCUT2D eigenvalue weighted by Gasteiger charge is 2.36. The fourth-order valence-corrected chi connectivity index (χ4v) is 2.62. The molecule has 144 valence electrons. The van der Waals surface area contributed by atoms with E-state index >= 15 is 0 Å². The Morgan fingerprint density at radius 2 is 1.18 bits per heavy atom. The summed E-state index contributed by atoms with van der Waals surface area (Å²) in [6, 6.07) is 7.76. The second kappa shape index (κ2) is 7.37. The number of nitrogens with zero attached hydrogens (tertiary/aromatic N) is 3. The van der Waals surface area contributed by atoms with Gasteiger partial charge >= 0.3 is 12.4 Å². The number of halogens is 6. The topological polar surface area (TPSA) is 76.8 Å². The van der Waals surface area contributed by atoms with E-state index in [1.807, 2.05) is 0 Å². The lowest BCUT2D eigenvalue weighted by Crippen LogP contribution is -2.31. The van der Waals surface area contributed by atoms with Gasteiger partial charge in [-0.25, -0.2) is 0 Å². The van der Waals surface area contributed by atoms with E-state index in [1.165, 1.54) is 12.1 Å². The molecule has 28 heavy (non-hydrogen) atoms. The fraction of sp³-hybridized carbons (Fsp3) is 0.118. The van der Waals surface area contributed by atoms with Crippen molar-refractivity contribution < 1.29 is 26.3 Å². The summed E-state index contributed by atoms with van der Waals surface area (Å²) in [5.41, 5.74) is 1.01. The van der Waals surface area contributed by atoms with E-state index in [9.17, 15) is 26.3 Å². The monoisotopic (exact) mass is 414 g/mol. The van der Waals surface area contributed by atoms with Gasteiger partial charge in [0.2, 0.25) is 0 Å². The minimum Gasteiger partial charge on any atom is -0.376 e. The molecular weight excluding hydrogens is 406 g/mol. The Labute approximate surface area is 160 Å².